The van der Waals surface area contributed by atoms with Gasteiger partial charge in [-0.05, 0) is 171 Å². The molecule has 0 heterocycles. The van der Waals surface area contributed by atoms with Crippen LogP contribution in [0.3, 0.4) is 0 Å². The van der Waals surface area contributed by atoms with Crippen molar-refractivity contribution in [1.29, 1.82) is 0 Å². The van der Waals surface area contributed by atoms with E-state index in [0.717, 1.165) is 35.5 Å². The van der Waals surface area contributed by atoms with Crippen LogP contribution in [0, 0.1) is 35.5 Å². The average molecular weight is 644 g/mol. The molecule has 0 aromatic heterocycles. The molecule has 2 aromatic rings. The third kappa shape index (κ3) is 5.56. The molecule has 0 aliphatic heterocycles. The Bertz CT molecular complexity index is 1330. The Morgan fingerprint density at radius 1 is 0.667 bits per heavy atom. The molecular formula is C41H58NOPS. The van der Waals surface area contributed by atoms with Gasteiger partial charge in [0.1, 0.15) is 0 Å². The second kappa shape index (κ2) is 11.0. The van der Waals surface area contributed by atoms with Gasteiger partial charge in [0, 0.05) is 0 Å². The molecule has 2 aromatic carbocycles. The highest BCUT2D eigenvalue weighted by atomic mass is 32.2. The smallest absolute Gasteiger partial charge is 0.0979 e. The van der Waals surface area contributed by atoms with E-state index < -0.39 is 11.0 Å². The molecular weight excluding hydrogens is 585 g/mol. The van der Waals surface area contributed by atoms with Crippen LogP contribution >= 0.6 is 7.92 Å². The molecule has 8 aliphatic carbocycles. The fourth-order valence-corrected chi connectivity index (χ4v) is 18.6. The van der Waals surface area contributed by atoms with Gasteiger partial charge in [-0.3, -0.25) is 0 Å². The van der Waals surface area contributed by atoms with Gasteiger partial charge in [-0.15, -0.1) is 0 Å². The Morgan fingerprint density at radius 2 is 1.09 bits per heavy atom. The van der Waals surface area contributed by atoms with Crippen molar-refractivity contribution in [3.8, 4) is 0 Å². The highest BCUT2D eigenvalue weighted by molar-refractivity contribution is 7.84. The highest BCUT2D eigenvalue weighted by Gasteiger charge is 2.63. The summed E-state index contributed by atoms with van der Waals surface area (Å²) in [6.07, 6.45) is 18.0. The van der Waals surface area contributed by atoms with Gasteiger partial charge in [0.2, 0.25) is 0 Å². The summed E-state index contributed by atoms with van der Waals surface area (Å²) in [6.45, 7) is 13.2. The summed E-state index contributed by atoms with van der Waals surface area (Å²) >= 11 is 0. The lowest BCUT2D eigenvalue weighted by atomic mass is 9.55. The number of rotatable bonds is 7. The summed E-state index contributed by atoms with van der Waals surface area (Å²) < 4.78 is 17.4. The van der Waals surface area contributed by atoms with Gasteiger partial charge in [0.05, 0.1) is 21.8 Å². The first-order valence-corrected chi connectivity index (χ1v) is 21.0. The first-order valence-electron chi connectivity index (χ1n) is 18.5. The average Bonchev–Trinajstić information content (AvgIpc) is 2.94. The molecule has 2 atom stereocenters. The maximum absolute atomic E-state index is 14.0. The van der Waals surface area contributed by atoms with Crippen molar-refractivity contribution in [3.63, 3.8) is 0 Å². The summed E-state index contributed by atoms with van der Waals surface area (Å²) in [6, 6.07) is 19.0. The van der Waals surface area contributed by atoms with E-state index in [2.05, 4.69) is 94.8 Å². The quantitative estimate of drug-likeness (QED) is 0.299. The molecule has 0 saturated heterocycles. The molecule has 1 N–H and O–H groups in total. The van der Waals surface area contributed by atoms with Gasteiger partial charge in [-0.1, -0.05) is 77.2 Å². The maximum atomic E-state index is 14.0. The number of benzene rings is 2. The molecule has 10 rings (SSSR count). The predicted molar refractivity (Wildman–Crippen MR) is 193 cm³/mol. The zero-order valence-corrected chi connectivity index (χ0v) is 30.6. The maximum Gasteiger partial charge on any atom is 0.0979 e. The lowest BCUT2D eigenvalue weighted by molar-refractivity contribution is 0.0195. The summed E-state index contributed by atoms with van der Waals surface area (Å²) in [4.78, 5) is 0. The van der Waals surface area contributed by atoms with Gasteiger partial charge >= 0.3 is 0 Å². The Hall–Kier alpha value is -1.02. The van der Waals surface area contributed by atoms with Gasteiger partial charge < -0.3 is 0 Å². The van der Waals surface area contributed by atoms with Crippen LogP contribution in [0.2, 0.25) is 0 Å². The van der Waals surface area contributed by atoms with Gasteiger partial charge in [0.25, 0.3) is 0 Å². The lowest BCUT2D eigenvalue weighted by Gasteiger charge is -2.67. The molecule has 244 valence electrons. The van der Waals surface area contributed by atoms with Crippen LogP contribution in [0.25, 0.3) is 0 Å². The third-order valence-corrected chi connectivity index (χ3v) is 18.8. The molecule has 8 bridgehead atoms. The van der Waals surface area contributed by atoms with Crippen LogP contribution in [-0.2, 0) is 16.4 Å². The molecule has 8 fully saturated rings. The highest BCUT2D eigenvalue weighted by Crippen LogP contribution is 2.78. The van der Waals surface area contributed by atoms with Crippen molar-refractivity contribution in [3.05, 3.63) is 65.2 Å². The fourth-order valence-electron chi connectivity index (χ4n) is 12.4. The van der Waals surface area contributed by atoms with Gasteiger partial charge in [0.15, 0.2) is 0 Å². The molecule has 45 heavy (non-hydrogen) atoms. The standard InChI is InChI=1S/C41H58NOPS/c1-38(2,3)34-13-11-33(12-14-34)37(42-45(43)39(4,5)6)35-9-7-8-10-36(35)44(40-21-27-15-28(22-40)17-29(16-27)23-40)41-24-30-18-31(25-41)20-32(19-30)26-41/h7-14,27-32,37,42H,15-26H2,1-6H3. The normalized spacial score (nSPS) is 38.8. The molecule has 0 spiro atoms. The third-order valence-electron chi connectivity index (χ3n) is 13.3. The molecule has 0 amide bonds. The first-order chi connectivity index (χ1) is 21.3. The zero-order chi connectivity index (χ0) is 31.4. The molecule has 2 nitrogen and oxygen atoms in total. The molecule has 4 heteroatoms. The SMILES string of the molecule is CC(C)(C)c1ccc(C(NS(=O)C(C)(C)C)c2ccccc2P(C23CC4CC(CC(C4)C2)C3)C23CC4CC(CC(C4)C2)C3)cc1. The largest absolute Gasteiger partial charge is 0.242 e. The van der Waals surface area contributed by atoms with Crippen LogP contribution in [0.4, 0.5) is 0 Å². The van der Waals surface area contributed by atoms with Crippen molar-refractivity contribution >= 4 is 24.2 Å². The fraction of sp³-hybridized carbons (Fsp3) is 0.707. The minimum Gasteiger partial charge on any atom is -0.242 e. The van der Waals surface area contributed by atoms with Crippen molar-refractivity contribution in [2.75, 3.05) is 0 Å². The lowest BCUT2D eigenvalue weighted by Crippen LogP contribution is -2.58. The Morgan fingerprint density at radius 3 is 1.49 bits per heavy atom. The van der Waals surface area contributed by atoms with E-state index in [9.17, 15) is 4.21 Å². The van der Waals surface area contributed by atoms with Crippen LogP contribution in [0.1, 0.15) is 141 Å². The van der Waals surface area contributed by atoms with E-state index >= 15 is 0 Å². The summed E-state index contributed by atoms with van der Waals surface area (Å²) in [5, 5.41) is 2.71. The van der Waals surface area contributed by atoms with E-state index in [4.69, 9.17) is 0 Å². The second-order valence-electron chi connectivity index (χ2n) is 19.0. The topological polar surface area (TPSA) is 29.1 Å². The number of hydrogen-bond donors (Lipinski definition) is 1. The molecule has 0 radical (unpaired) electrons. The molecule has 8 saturated carbocycles. The number of nitrogens with one attached hydrogen (secondary N) is 1. The molecule has 2 unspecified atom stereocenters. The summed E-state index contributed by atoms with van der Waals surface area (Å²) in [5.74, 6) is 5.80. The predicted octanol–water partition coefficient (Wildman–Crippen LogP) is 10.2. The van der Waals surface area contributed by atoms with Crippen molar-refractivity contribution in [2.24, 2.45) is 35.5 Å². The van der Waals surface area contributed by atoms with Crippen molar-refractivity contribution < 1.29 is 4.21 Å². The Kier molecular flexibility index (Phi) is 7.64. The van der Waals surface area contributed by atoms with E-state index in [0.29, 0.717) is 10.3 Å². The Labute approximate surface area is 278 Å². The van der Waals surface area contributed by atoms with E-state index in [1.807, 2.05) is 0 Å². The Balaban J connectivity index is 1.29. The minimum absolute atomic E-state index is 0.0666. The van der Waals surface area contributed by atoms with Crippen LogP contribution in [0.5, 0.6) is 0 Å². The number of hydrogen-bond acceptors (Lipinski definition) is 1. The summed E-state index contributed by atoms with van der Waals surface area (Å²) in [5.41, 5.74) is 4.17. The minimum atomic E-state index is -1.18. The van der Waals surface area contributed by atoms with Crippen molar-refractivity contribution in [1.82, 2.24) is 4.72 Å². The van der Waals surface area contributed by atoms with E-state index in [1.165, 1.54) is 93.7 Å². The van der Waals surface area contributed by atoms with Gasteiger partial charge in [-0.25, -0.2) is 8.93 Å². The monoisotopic (exact) mass is 643 g/mol. The van der Waals surface area contributed by atoms with Crippen LogP contribution < -0.4 is 10.0 Å². The first kappa shape index (κ1) is 31.3. The van der Waals surface area contributed by atoms with E-state index in [-0.39, 0.29) is 24.1 Å². The van der Waals surface area contributed by atoms with E-state index in [1.54, 1.807) is 5.30 Å². The van der Waals surface area contributed by atoms with Gasteiger partial charge in [-0.2, -0.15) is 0 Å². The second-order valence-corrected chi connectivity index (χ2v) is 24.0. The zero-order valence-electron chi connectivity index (χ0n) is 28.9. The molecule has 8 aliphatic rings. The van der Waals surface area contributed by atoms with Crippen molar-refractivity contribution in [2.45, 2.75) is 145 Å². The van der Waals surface area contributed by atoms with Crippen LogP contribution in [0.15, 0.2) is 48.5 Å². The summed E-state index contributed by atoms with van der Waals surface area (Å²) in [7, 11) is -1.54. The van der Waals surface area contributed by atoms with Crippen LogP contribution in [-0.4, -0.2) is 19.3 Å².